The summed E-state index contributed by atoms with van der Waals surface area (Å²) < 4.78 is 5.32. The molecule has 0 aromatic carbocycles. The summed E-state index contributed by atoms with van der Waals surface area (Å²) in [5, 5.41) is 2.89. The van der Waals surface area contributed by atoms with Crippen molar-refractivity contribution in [1.29, 1.82) is 0 Å². The van der Waals surface area contributed by atoms with Gasteiger partial charge in [0.25, 0.3) is 0 Å². The second-order valence-corrected chi connectivity index (χ2v) is 4.53. The second kappa shape index (κ2) is 7.33. The van der Waals surface area contributed by atoms with Crippen molar-refractivity contribution in [2.75, 3.05) is 6.54 Å². The quantitative estimate of drug-likeness (QED) is 0.880. The fourth-order valence-electron chi connectivity index (χ4n) is 1.85. The average Bonchev–Trinajstić information content (AvgIpc) is 2.98. The molecule has 0 aliphatic carbocycles. The number of nitrogens with zero attached hydrogens (tertiary/aromatic N) is 2. The molecule has 0 atom stereocenters. The van der Waals surface area contributed by atoms with E-state index in [1.807, 2.05) is 31.2 Å². The zero-order valence-electron chi connectivity index (χ0n) is 11.6. The molecule has 20 heavy (non-hydrogen) atoms. The minimum Gasteiger partial charge on any atom is -0.467 e. The summed E-state index contributed by atoms with van der Waals surface area (Å²) in [5.74, 6) is 0.764. The monoisotopic (exact) mass is 273 g/mol. The highest BCUT2D eigenvalue weighted by Gasteiger charge is 2.15. The van der Waals surface area contributed by atoms with Gasteiger partial charge in [-0.15, -0.1) is 0 Å². The van der Waals surface area contributed by atoms with Crippen molar-refractivity contribution in [3.63, 3.8) is 0 Å². The van der Waals surface area contributed by atoms with Gasteiger partial charge in [0.05, 0.1) is 12.8 Å². The number of carbonyl (C=O) groups is 1. The molecule has 0 saturated heterocycles. The van der Waals surface area contributed by atoms with E-state index in [4.69, 9.17) is 4.42 Å². The smallest absolute Gasteiger partial charge is 0.318 e. The van der Waals surface area contributed by atoms with E-state index in [1.54, 1.807) is 23.6 Å². The summed E-state index contributed by atoms with van der Waals surface area (Å²) in [6.45, 7) is 3.64. The van der Waals surface area contributed by atoms with Gasteiger partial charge in [-0.25, -0.2) is 4.79 Å². The number of urea groups is 1. The third-order valence-corrected chi connectivity index (χ3v) is 2.84. The molecule has 0 spiro atoms. The molecular formula is C15H19N3O2. The van der Waals surface area contributed by atoms with Gasteiger partial charge in [-0.05, 0) is 30.2 Å². The number of hydrogen-bond acceptors (Lipinski definition) is 3. The lowest BCUT2D eigenvalue weighted by atomic mass is 10.2. The maximum absolute atomic E-state index is 12.2. The molecule has 2 aromatic rings. The number of pyridine rings is 1. The number of furan rings is 1. The van der Waals surface area contributed by atoms with Crippen LogP contribution in [0.3, 0.4) is 0 Å². The van der Waals surface area contributed by atoms with Gasteiger partial charge < -0.3 is 14.6 Å². The molecule has 1 N–H and O–H groups in total. The highest BCUT2D eigenvalue weighted by Crippen LogP contribution is 2.10. The van der Waals surface area contributed by atoms with Crippen LogP contribution in [-0.4, -0.2) is 22.5 Å². The summed E-state index contributed by atoms with van der Waals surface area (Å²) in [6, 6.07) is 7.41. The molecule has 0 fully saturated rings. The van der Waals surface area contributed by atoms with Crippen LogP contribution in [0, 0.1) is 0 Å². The first-order chi connectivity index (χ1) is 9.79. The molecule has 5 nitrogen and oxygen atoms in total. The molecule has 0 radical (unpaired) electrons. The van der Waals surface area contributed by atoms with E-state index < -0.39 is 0 Å². The molecule has 2 amide bonds. The number of amides is 2. The SMILES string of the molecule is CCCNC(=O)N(Cc1cccnc1)Cc1ccco1. The van der Waals surface area contributed by atoms with Crippen molar-refractivity contribution in [3.8, 4) is 0 Å². The molecule has 2 rings (SSSR count). The molecule has 0 saturated carbocycles. The van der Waals surface area contributed by atoms with Crippen molar-refractivity contribution in [1.82, 2.24) is 15.2 Å². The Morgan fingerprint density at radius 1 is 1.35 bits per heavy atom. The minimum atomic E-state index is -0.0906. The van der Waals surface area contributed by atoms with Gasteiger partial charge in [0.2, 0.25) is 0 Å². The van der Waals surface area contributed by atoms with Crippen molar-refractivity contribution >= 4 is 6.03 Å². The van der Waals surface area contributed by atoms with Gasteiger partial charge in [0.1, 0.15) is 5.76 Å². The van der Waals surface area contributed by atoms with Crippen molar-refractivity contribution < 1.29 is 9.21 Å². The Labute approximate surface area is 118 Å². The molecule has 2 heterocycles. The van der Waals surface area contributed by atoms with E-state index >= 15 is 0 Å². The fraction of sp³-hybridized carbons (Fsp3) is 0.333. The van der Waals surface area contributed by atoms with Crippen LogP contribution in [0.1, 0.15) is 24.7 Å². The van der Waals surface area contributed by atoms with Crippen molar-refractivity contribution in [3.05, 3.63) is 54.2 Å². The Morgan fingerprint density at radius 2 is 2.25 bits per heavy atom. The number of hydrogen-bond donors (Lipinski definition) is 1. The van der Waals surface area contributed by atoms with E-state index in [9.17, 15) is 4.79 Å². The molecule has 0 aliphatic rings. The van der Waals surface area contributed by atoms with E-state index in [-0.39, 0.29) is 6.03 Å². The van der Waals surface area contributed by atoms with Crippen LogP contribution in [0.4, 0.5) is 4.79 Å². The summed E-state index contributed by atoms with van der Waals surface area (Å²) in [4.78, 5) is 18.0. The van der Waals surface area contributed by atoms with E-state index in [2.05, 4.69) is 10.3 Å². The molecular weight excluding hydrogens is 254 g/mol. The Hall–Kier alpha value is -2.30. The maximum atomic E-state index is 12.2. The van der Waals surface area contributed by atoms with Gasteiger partial charge in [-0.1, -0.05) is 13.0 Å². The number of carbonyl (C=O) groups excluding carboxylic acids is 1. The van der Waals surface area contributed by atoms with Crippen molar-refractivity contribution in [2.24, 2.45) is 0 Å². The zero-order valence-corrected chi connectivity index (χ0v) is 11.6. The van der Waals surface area contributed by atoms with Crippen LogP contribution >= 0.6 is 0 Å². The number of rotatable bonds is 6. The van der Waals surface area contributed by atoms with Crippen LogP contribution in [0.2, 0.25) is 0 Å². The topological polar surface area (TPSA) is 58.4 Å². The normalized spacial score (nSPS) is 10.2. The van der Waals surface area contributed by atoms with Crippen molar-refractivity contribution in [2.45, 2.75) is 26.4 Å². The molecule has 2 aromatic heterocycles. The first kappa shape index (κ1) is 14.1. The zero-order chi connectivity index (χ0) is 14.2. The predicted octanol–water partition coefficient (Wildman–Crippen LogP) is 2.80. The number of nitrogens with one attached hydrogen (secondary N) is 1. The molecule has 0 unspecified atom stereocenters. The first-order valence-electron chi connectivity index (χ1n) is 6.73. The molecule has 5 heteroatoms. The highest BCUT2D eigenvalue weighted by atomic mass is 16.3. The van der Waals surface area contributed by atoms with Gasteiger partial charge in [0, 0.05) is 25.5 Å². The lowest BCUT2D eigenvalue weighted by Crippen LogP contribution is -2.39. The Kier molecular flexibility index (Phi) is 5.17. The van der Waals surface area contributed by atoms with E-state index in [0.29, 0.717) is 19.6 Å². The number of aromatic nitrogens is 1. The third kappa shape index (κ3) is 4.12. The molecule has 106 valence electrons. The average molecular weight is 273 g/mol. The Bertz CT molecular complexity index is 511. The summed E-state index contributed by atoms with van der Waals surface area (Å²) in [6.07, 6.45) is 6.01. The first-order valence-corrected chi connectivity index (χ1v) is 6.73. The lowest BCUT2D eigenvalue weighted by molar-refractivity contribution is 0.187. The predicted molar refractivity (Wildman–Crippen MR) is 75.9 cm³/mol. The van der Waals surface area contributed by atoms with Crippen LogP contribution in [-0.2, 0) is 13.1 Å². The van der Waals surface area contributed by atoms with Gasteiger partial charge in [-0.3, -0.25) is 4.98 Å². The van der Waals surface area contributed by atoms with Crippen LogP contribution in [0.25, 0.3) is 0 Å². The highest BCUT2D eigenvalue weighted by molar-refractivity contribution is 5.74. The fourth-order valence-corrected chi connectivity index (χ4v) is 1.85. The van der Waals surface area contributed by atoms with Crippen LogP contribution in [0.5, 0.6) is 0 Å². The van der Waals surface area contributed by atoms with Gasteiger partial charge in [0.15, 0.2) is 0 Å². The van der Waals surface area contributed by atoms with E-state index in [0.717, 1.165) is 17.7 Å². The molecule has 0 bridgehead atoms. The van der Waals surface area contributed by atoms with E-state index in [1.165, 1.54) is 0 Å². The third-order valence-electron chi connectivity index (χ3n) is 2.84. The molecule has 0 aliphatic heterocycles. The van der Waals surface area contributed by atoms with Crippen LogP contribution < -0.4 is 5.32 Å². The van der Waals surface area contributed by atoms with Crippen LogP contribution in [0.15, 0.2) is 47.3 Å². The van der Waals surface area contributed by atoms with Gasteiger partial charge >= 0.3 is 6.03 Å². The second-order valence-electron chi connectivity index (χ2n) is 4.53. The van der Waals surface area contributed by atoms with Gasteiger partial charge in [-0.2, -0.15) is 0 Å². The standard InChI is InChI=1S/C15H19N3O2/c1-2-7-17-15(19)18(12-14-6-4-9-20-14)11-13-5-3-8-16-10-13/h3-6,8-10H,2,7,11-12H2,1H3,(H,17,19). The lowest BCUT2D eigenvalue weighted by Gasteiger charge is -2.22. The Balaban J connectivity index is 2.05. The maximum Gasteiger partial charge on any atom is 0.318 e. The Morgan fingerprint density at radius 3 is 2.90 bits per heavy atom. The summed E-state index contributed by atoms with van der Waals surface area (Å²) in [7, 11) is 0. The largest absolute Gasteiger partial charge is 0.467 e. The summed E-state index contributed by atoms with van der Waals surface area (Å²) >= 11 is 0. The summed E-state index contributed by atoms with van der Waals surface area (Å²) in [5.41, 5.74) is 0.991. The minimum absolute atomic E-state index is 0.0906.